The molecule has 0 amide bonds. The SMILES string of the molecule is CCNC(Cc1ccc(O)cc1)CC(C)C. The van der Waals surface area contributed by atoms with Gasteiger partial charge in [0.15, 0.2) is 0 Å². The fourth-order valence-electron chi connectivity index (χ4n) is 2.01. The first kappa shape index (κ1) is 13.0. The third kappa shape index (κ3) is 4.67. The van der Waals surface area contributed by atoms with E-state index in [-0.39, 0.29) is 0 Å². The molecule has 0 bridgehead atoms. The van der Waals surface area contributed by atoms with Crippen molar-refractivity contribution in [3.8, 4) is 5.75 Å². The molecular weight excluding hydrogens is 198 g/mol. The normalized spacial score (nSPS) is 13.0. The van der Waals surface area contributed by atoms with Crippen LogP contribution >= 0.6 is 0 Å². The van der Waals surface area contributed by atoms with Crippen LogP contribution in [0.1, 0.15) is 32.8 Å². The van der Waals surface area contributed by atoms with Gasteiger partial charge in [0.1, 0.15) is 5.75 Å². The second-order valence-corrected chi connectivity index (χ2v) is 4.75. The van der Waals surface area contributed by atoms with E-state index in [9.17, 15) is 5.11 Å². The van der Waals surface area contributed by atoms with Crippen LogP contribution in [0.2, 0.25) is 0 Å². The maximum absolute atomic E-state index is 9.22. The number of aromatic hydroxyl groups is 1. The van der Waals surface area contributed by atoms with E-state index >= 15 is 0 Å². The van der Waals surface area contributed by atoms with Crippen LogP contribution in [0.15, 0.2) is 24.3 Å². The summed E-state index contributed by atoms with van der Waals surface area (Å²) in [5, 5.41) is 12.7. The third-order valence-electron chi connectivity index (χ3n) is 2.67. The third-order valence-corrected chi connectivity index (χ3v) is 2.67. The number of benzene rings is 1. The lowest BCUT2D eigenvalue weighted by molar-refractivity contribution is 0.423. The monoisotopic (exact) mass is 221 g/mol. The van der Waals surface area contributed by atoms with Crippen molar-refractivity contribution >= 4 is 0 Å². The number of phenols is 1. The van der Waals surface area contributed by atoms with Crippen molar-refractivity contribution in [3.63, 3.8) is 0 Å². The molecule has 1 rings (SSSR count). The van der Waals surface area contributed by atoms with Gasteiger partial charge >= 0.3 is 0 Å². The van der Waals surface area contributed by atoms with Crippen LogP contribution < -0.4 is 5.32 Å². The van der Waals surface area contributed by atoms with Gasteiger partial charge in [0.25, 0.3) is 0 Å². The molecule has 0 aromatic heterocycles. The molecule has 0 aliphatic rings. The Balaban J connectivity index is 2.56. The van der Waals surface area contributed by atoms with Gasteiger partial charge in [-0.3, -0.25) is 0 Å². The van der Waals surface area contributed by atoms with Gasteiger partial charge in [-0.2, -0.15) is 0 Å². The molecule has 90 valence electrons. The van der Waals surface area contributed by atoms with Gasteiger partial charge in [0.2, 0.25) is 0 Å². The highest BCUT2D eigenvalue weighted by atomic mass is 16.3. The molecule has 0 aliphatic carbocycles. The predicted molar refractivity (Wildman–Crippen MR) is 68.7 cm³/mol. The first-order chi connectivity index (χ1) is 7.61. The number of nitrogens with one attached hydrogen (secondary N) is 1. The second-order valence-electron chi connectivity index (χ2n) is 4.75. The molecule has 1 aromatic rings. The van der Waals surface area contributed by atoms with E-state index in [1.165, 1.54) is 12.0 Å². The van der Waals surface area contributed by atoms with Gasteiger partial charge in [-0.25, -0.2) is 0 Å². The van der Waals surface area contributed by atoms with E-state index in [1.54, 1.807) is 12.1 Å². The van der Waals surface area contributed by atoms with Crippen LogP contribution in [0.3, 0.4) is 0 Å². The van der Waals surface area contributed by atoms with Crippen LogP contribution in [-0.4, -0.2) is 17.7 Å². The van der Waals surface area contributed by atoms with E-state index in [0.717, 1.165) is 13.0 Å². The maximum Gasteiger partial charge on any atom is 0.115 e. The lowest BCUT2D eigenvalue weighted by Gasteiger charge is -2.20. The number of rotatable bonds is 6. The molecule has 0 radical (unpaired) electrons. The molecular formula is C14H23NO. The Morgan fingerprint density at radius 1 is 1.19 bits per heavy atom. The first-order valence-electron chi connectivity index (χ1n) is 6.13. The van der Waals surface area contributed by atoms with Crippen molar-refractivity contribution in [2.75, 3.05) is 6.54 Å². The molecule has 1 unspecified atom stereocenters. The number of phenolic OH excluding ortho intramolecular Hbond substituents is 1. The van der Waals surface area contributed by atoms with Crippen LogP contribution in [0.4, 0.5) is 0 Å². The van der Waals surface area contributed by atoms with Crippen molar-refractivity contribution in [2.45, 2.75) is 39.7 Å². The standard InChI is InChI=1S/C14H23NO/c1-4-15-13(9-11(2)3)10-12-5-7-14(16)8-6-12/h5-8,11,13,15-16H,4,9-10H2,1-3H3. The number of hydrogen-bond donors (Lipinski definition) is 2. The summed E-state index contributed by atoms with van der Waals surface area (Å²) in [4.78, 5) is 0. The molecule has 16 heavy (non-hydrogen) atoms. The molecule has 0 aliphatic heterocycles. The molecule has 0 fully saturated rings. The molecule has 0 spiro atoms. The quantitative estimate of drug-likeness (QED) is 0.774. The summed E-state index contributed by atoms with van der Waals surface area (Å²) < 4.78 is 0. The predicted octanol–water partition coefficient (Wildman–Crippen LogP) is 2.96. The highest BCUT2D eigenvalue weighted by molar-refractivity contribution is 5.26. The van der Waals surface area contributed by atoms with Crippen molar-refractivity contribution < 1.29 is 5.11 Å². The van der Waals surface area contributed by atoms with E-state index < -0.39 is 0 Å². The first-order valence-corrected chi connectivity index (χ1v) is 6.13. The summed E-state index contributed by atoms with van der Waals surface area (Å²) in [6.45, 7) is 7.65. The number of hydrogen-bond acceptors (Lipinski definition) is 2. The lowest BCUT2D eigenvalue weighted by Crippen LogP contribution is -2.32. The van der Waals surface area contributed by atoms with E-state index in [1.807, 2.05) is 12.1 Å². The second kappa shape index (κ2) is 6.54. The van der Waals surface area contributed by atoms with Crippen LogP contribution in [0.5, 0.6) is 5.75 Å². The minimum Gasteiger partial charge on any atom is -0.508 e. The summed E-state index contributed by atoms with van der Waals surface area (Å²) in [6.07, 6.45) is 2.22. The Labute approximate surface area is 98.7 Å². The van der Waals surface area contributed by atoms with Crippen LogP contribution in [0, 0.1) is 5.92 Å². The smallest absolute Gasteiger partial charge is 0.115 e. The summed E-state index contributed by atoms with van der Waals surface area (Å²) in [6, 6.07) is 8.05. The zero-order chi connectivity index (χ0) is 12.0. The summed E-state index contributed by atoms with van der Waals surface area (Å²) in [5.41, 5.74) is 1.28. The summed E-state index contributed by atoms with van der Waals surface area (Å²) in [7, 11) is 0. The van der Waals surface area contributed by atoms with Crippen molar-refractivity contribution in [1.82, 2.24) is 5.32 Å². The molecule has 1 atom stereocenters. The Morgan fingerprint density at radius 2 is 1.81 bits per heavy atom. The minimum absolute atomic E-state index is 0.340. The Kier molecular flexibility index (Phi) is 5.33. The highest BCUT2D eigenvalue weighted by Gasteiger charge is 2.10. The summed E-state index contributed by atoms with van der Waals surface area (Å²) in [5.74, 6) is 1.05. The van der Waals surface area contributed by atoms with Gasteiger partial charge in [0.05, 0.1) is 0 Å². The average molecular weight is 221 g/mol. The topological polar surface area (TPSA) is 32.3 Å². The Bertz CT molecular complexity index is 292. The van der Waals surface area contributed by atoms with Gasteiger partial charge in [-0.1, -0.05) is 32.9 Å². The Morgan fingerprint density at radius 3 is 2.31 bits per heavy atom. The maximum atomic E-state index is 9.22. The van der Waals surface area contributed by atoms with Crippen LogP contribution in [-0.2, 0) is 6.42 Å². The fraction of sp³-hybridized carbons (Fsp3) is 0.571. The molecule has 2 N–H and O–H groups in total. The van der Waals surface area contributed by atoms with Gasteiger partial charge < -0.3 is 10.4 Å². The van der Waals surface area contributed by atoms with Crippen molar-refractivity contribution in [3.05, 3.63) is 29.8 Å². The average Bonchev–Trinajstić information content (AvgIpc) is 2.21. The molecule has 1 aromatic carbocycles. The van der Waals surface area contributed by atoms with Gasteiger partial charge in [-0.15, -0.1) is 0 Å². The molecule has 2 heteroatoms. The van der Waals surface area contributed by atoms with E-state index in [4.69, 9.17) is 0 Å². The fourth-order valence-corrected chi connectivity index (χ4v) is 2.01. The number of likely N-dealkylation sites (N-methyl/N-ethyl adjacent to an activating group) is 1. The van der Waals surface area contributed by atoms with Gasteiger partial charge in [-0.05, 0) is 43.0 Å². The zero-order valence-electron chi connectivity index (χ0n) is 10.5. The molecule has 2 nitrogen and oxygen atoms in total. The molecule has 0 saturated carbocycles. The zero-order valence-corrected chi connectivity index (χ0v) is 10.5. The van der Waals surface area contributed by atoms with E-state index in [0.29, 0.717) is 17.7 Å². The minimum atomic E-state index is 0.340. The summed E-state index contributed by atoms with van der Waals surface area (Å²) >= 11 is 0. The van der Waals surface area contributed by atoms with Crippen LogP contribution in [0.25, 0.3) is 0 Å². The van der Waals surface area contributed by atoms with E-state index in [2.05, 4.69) is 26.1 Å². The largest absolute Gasteiger partial charge is 0.508 e. The van der Waals surface area contributed by atoms with Crippen molar-refractivity contribution in [2.24, 2.45) is 5.92 Å². The van der Waals surface area contributed by atoms with Crippen molar-refractivity contribution in [1.29, 1.82) is 0 Å². The lowest BCUT2D eigenvalue weighted by atomic mass is 9.97. The highest BCUT2D eigenvalue weighted by Crippen LogP contribution is 2.14. The molecule has 0 heterocycles. The molecule has 0 saturated heterocycles. The Hall–Kier alpha value is -1.02. The van der Waals surface area contributed by atoms with Gasteiger partial charge in [0, 0.05) is 6.04 Å².